The normalized spacial score (nSPS) is 13.1. The van der Waals surface area contributed by atoms with Crippen molar-refractivity contribution >= 4 is 27.5 Å². The maximum absolute atomic E-state index is 13.1. The minimum Gasteiger partial charge on any atom is -0.493 e. The highest BCUT2D eigenvalue weighted by molar-refractivity contribution is 7.18. The number of nitrogens with zero attached hydrogens (tertiary/aromatic N) is 1. The second-order valence-electron chi connectivity index (χ2n) is 7.57. The Bertz CT molecular complexity index is 1390. The molecule has 162 valence electrons. The summed E-state index contributed by atoms with van der Waals surface area (Å²) < 4.78 is 23.9. The van der Waals surface area contributed by atoms with E-state index in [4.69, 9.17) is 14.5 Å². The summed E-state index contributed by atoms with van der Waals surface area (Å²) in [5, 5.41) is 0.699. The van der Waals surface area contributed by atoms with Crippen LogP contribution >= 0.6 is 11.3 Å². The van der Waals surface area contributed by atoms with Crippen molar-refractivity contribution in [2.45, 2.75) is 25.7 Å². The summed E-state index contributed by atoms with van der Waals surface area (Å²) in [7, 11) is 1.46. The Hall–Kier alpha value is -3.52. The van der Waals surface area contributed by atoms with E-state index in [2.05, 4.69) is 4.98 Å². The van der Waals surface area contributed by atoms with Crippen LogP contribution in [-0.2, 0) is 12.8 Å². The Labute approximate surface area is 186 Å². The third-order valence-electron chi connectivity index (χ3n) is 5.54. The molecule has 6 nitrogen and oxygen atoms in total. The molecule has 8 heteroatoms. The summed E-state index contributed by atoms with van der Waals surface area (Å²) in [6.07, 6.45) is 4.14. The smallest absolute Gasteiger partial charge is 0.343 e. The monoisotopic (exact) mass is 450 g/mol. The summed E-state index contributed by atoms with van der Waals surface area (Å²) in [5.74, 6) is -0.121. The molecule has 0 saturated heterocycles. The lowest BCUT2D eigenvalue weighted by molar-refractivity contribution is 0.0729. The second kappa shape index (κ2) is 8.20. The number of carbonyl (C=O) groups is 1. The van der Waals surface area contributed by atoms with Crippen LogP contribution in [0.1, 0.15) is 33.6 Å². The molecule has 32 heavy (non-hydrogen) atoms. The Morgan fingerprint density at radius 1 is 1.09 bits per heavy atom. The first kappa shape index (κ1) is 20.4. The first-order valence-electron chi connectivity index (χ1n) is 10.2. The molecule has 0 unspecified atom stereocenters. The number of hydrogen-bond donors (Lipinski definition) is 1. The predicted molar refractivity (Wildman–Crippen MR) is 120 cm³/mol. The molecule has 0 radical (unpaired) electrons. The number of rotatable bonds is 4. The van der Waals surface area contributed by atoms with Gasteiger partial charge in [0.05, 0.1) is 18.1 Å². The number of esters is 1. The minimum absolute atomic E-state index is 0.143. The van der Waals surface area contributed by atoms with Gasteiger partial charge in [0.15, 0.2) is 11.5 Å². The van der Waals surface area contributed by atoms with Crippen molar-refractivity contribution in [2.75, 3.05) is 7.11 Å². The van der Waals surface area contributed by atoms with Crippen molar-refractivity contribution < 1.29 is 18.7 Å². The minimum atomic E-state index is -0.631. The number of methoxy groups -OCH3 is 1. The highest BCUT2D eigenvalue weighted by atomic mass is 32.1. The Kier molecular flexibility index (Phi) is 5.22. The van der Waals surface area contributed by atoms with E-state index in [9.17, 15) is 14.0 Å². The van der Waals surface area contributed by atoms with Crippen LogP contribution in [0.25, 0.3) is 21.6 Å². The Morgan fingerprint density at radius 2 is 1.88 bits per heavy atom. The van der Waals surface area contributed by atoms with Gasteiger partial charge in [0.1, 0.15) is 16.5 Å². The van der Waals surface area contributed by atoms with E-state index in [0.717, 1.165) is 36.1 Å². The van der Waals surface area contributed by atoms with E-state index in [1.165, 1.54) is 36.3 Å². The van der Waals surface area contributed by atoms with Crippen molar-refractivity contribution in [1.29, 1.82) is 0 Å². The van der Waals surface area contributed by atoms with Gasteiger partial charge < -0.3 is 14.5 Å². The molecule has 1 N–H and O–H groups in total. The maximum atomic E-state index is 13.1. The standard InChI is InChI=1S/C24H19FN2O4S/c1-30-18-12-14(8-11-17(18)31-24(29)13-6-9-15(25)10-7-13)21-26-22(28)20-16-4-2-3-5-19(16)32-23(20)27-21/h6-12H,2-5H2,1H3,(H,26,27,28). The van der Waals surface area contributed by atoms with Crippen LogP contribution in [0, 0.1) is 5.82 Å². The molecule has 0 aliphatic heterocycles. The molecular weight excluding hydrogens is 431 g/mol. The van der Waals surface area contributed by atoms with Gasteiger partial charge in [0.2, 0.25) is 0 Å². The largest absolute Gasteiger partial charge is 0.493 e. The number of thiophene rings is 1. The van der Waals surface area contributed by atoms with Crippen LogP contribution in [0.3, 0.4) is 0 Å². The fourth-order valence-electron chi connectivity index (χ4n) is 3.94. The molecule has 2 aromatic carbocycles. The number of carbonyl (C=O) groups excluding carboxylic acids is 1. The molecule has 1 aliphatic carbocycles. The zero-order valence-corrected chi connectivity index (χ0v) is 18.1. The number of fused-ring (bicyclic) bond motifs is 3. The van der Waals surface area contributed by atoms with Gasteiger partial charge >= 0.3 is 5.97 Å². The third-order valence-corrected chi connectivity index (χ3v) is 6.73. The van der Waals surface area contributed by atoms with Crippen LogP contribution < -0.4 is 15.0 Å². The van der Waals surface area contributed by atoms with Gasteiger partial charge in [-0.3, -0.25) is 4.79 Å². The summed E-state index contributed by atoms with van der Waals surface area (Å²) in [4.78, 5) is 34.8. The molecule has 2 heterocycles. The molecule has 0 saturated carbocycles. The molecule has 4 aromatic rings. The van der Waals surface area contributed by atoms with Crippen LogP contribution in [-0.4, -0.2) is 23.0 Å². The zero-order valence-electron chi connectivity index (χ0n) is 17.2. The number of benzene rings is 2. The van der Waals surface area contributed by atoms with Crippen molar-refractivity contribution in [3.63, 3.8) is 0 Å². The van der Waals surface area contributed by atoms with E-state index in [-0.39, 0.29) is 16.9 Å². The quantitative estimate of drug-likeness (QED) is 0.353. The van der Waals surface area contributed by atoms with E-state index >= 15 is 0 Å². The van der Waals surface area contributed by atoms with Crippen LogP contribution in [0.2, 0.25) is 0 Å². The van der Waals surface area contributed by atoms with Crippen molar-refractivity contribution in [3.8, 4) is 22.9 Å². The fraction of sp³-hybridized carbons (Fsp3) is 0.208. The van der Waals surface area contributed by atoms with Crippen LogP contribution in [0.5, 0.6) is 11.5 Å². The highest BCUT2D eigenvalue weighted by Crippen LogP contribution is 2.36. The maximum Gasteiger partial charge on any atom is 0.343 e. The lowest BCUT2D eigenvalue weighted by Crippen LogP contribution is -2.11. The average Bonchev–Trinajstić information content (AvgIpc) is 3.18. The number of hydrogen-bond acceptors (Lipinski definition) is 6. The topological polar surface area (TPSA) is 81.3 Å². The Morgan fingerprint density at radius 3 is 2.66 bits per heavy atom. The molecule has 0 bridgehead atoms. The molecule has 0 fully saturated rings. The number of halogens is 1. The zero-order chi connectivity index (χ0) is 22.2. The lowest BCUT2D eigenvalue weighted by atomic mass is 9.97. The van der Waals surface area contributed by atoms with Gasteiger partial charge in [-0.15, -0.1) is 11.3 Å². The van der Waals surface area contributed by atoms with Gasteiger partial charge in [0.25, 0.3) is 5.56 Å². The van der Waals surface area contributed by atoms with Crippen molar-refractivity contribution in [3.05, 3.63) is 74.6 Å². The van der Waals surface area contributed by atoms with Gasteiger partial charge in [-0.2, -0.15) is 0 Å². The fourth-order valence-corrected chi connectivity index (χ4v) is 5.21. The van der Waals surface area contributed by atoms with E-state index in [1.54, 1.807) is 29.5 Å². The van der Waals surface area contributed by atoms with Crippen molar-refractivity contribution in [2.24, 2.45) is 0 Å². The molecule has 0 atom stereocenters. The summed E-state index contributed by atoms with van der Waals surface area (Å²) in [5.41, 5.74) is 1.84. The molecular formula is C24H19FN2O4S. The number of H-pyrrole nitrogens is 1. The van der Waals surface area contributed by atoms with Crippen LogP contribution in [0.15, 0.2) is 47.3 Å². The Balaban J connectivity index is 1.48. The number of aromatic amines is 1. The molecule has 1 aliphatic rings. The van der Waals surface area contributed by atoms with Crippen molar-refractivity contribution in [1.82, 2.24) is 9.97 Å². The van der Waals surface area contributed by atoms with E-state index in [1.807, 2.05) is 0 Å². The lowest BCUT2D eigenvalue weighted by Gasteiger charge is -2.11. The molecule has 5 rings (SSSR count). The average molecular weight is 450 g/mol. The van der Waals surface area contributed by atoms with Crippen LogP contribution in [0.4, 0.5) is 4.39 Å². The van der Waals surface area contributed by atoms with Gasteiger partial charge in [-0.25, -0.2) is 14.2 Å². The number of ether oxygens (including phenoxy) is 2. The second-order valence-corrected chi connectivity index (χ2v) is 8.65. The summed E-state index contributed by atoms with van der Waals surface area (Å²) in [6.45, 7) is 0. The molecule has 0 spiro atoms. The first-order valence-corrected chi connectivity index (χ1v) is 11.1. The van der Waals surface area contributed by atoms with E-state index in [0.29, 0.717) is 22.5 Å². The first-order chi connectivity index (χ1) is 15.5. The predicted octanol–water partition coefficient (Wildman–Crippen LogP) is 4.90. The van der Waals surface area contributed by atoms with Gasteiger partial charge in [0, 0.05) is 10.4 Å². The molecule has 0 amide bonds. The van der Waals surface area contributed by atoms with Gasteiger partial charge in [-0.1, -0.05) is 0 Å². The van der Waals surface area contributed by atoms with Gasteiger partial charge in [-0.05, 0) is 73.7 Å². The summed E-state index contributed by atoms with van der Waals surface area (Å²) >= 11 is 1.58. The third kappa shape index (κ3) is 3.67. The number of aromatic nitrogens is 2. The number of nitrogens with one attached hydrogen (secondary N) is 1. The summed E-state index contributed by atoms with van der Waals surface area (Å²) in [6, 6.07) is 10.0. The highest BCUT2D eigenvalue weighted by Gasteiger charge is 2.21. The van der Waals surface area contributed by atoms with E-state index < -0.39 is 11.8 Å². The SMILES string of the molecule is COc1cc(-c2nc3sc4c(c3c(=O)[nH]2)CCCC4)ccc1OC(=O)c1ccc(F)cc1. The number of aryl methyl sites for hydroxylation is 2. The molecule has 2 aromatic heterocycles.